The molecule has 1 aromatic heterocycles. The lowest BCUT2D eigenvalue weighted by Gasteiger charge is -2.13. The predicted octanol–water partition coefficient (Wildman–Crippen LogP) is 4.24. The zero-order valence-electron chi connectivity index (χ0n) is 17.4. The minimum absolute atomic E-state index is 0.203. The number of thiocarbonyl (C=S) groups is 1. The van der Waals surface area contributed by atoms with E-state index in [1.54, 1.807) is 53.2 Å². The van der Waals surface area contributed by atoms with Gasteiger partial charge >= 0.3 is 11.9 Å². The lowest BCUT2D eigenvalue weighted by molar-refractivity contribution is 0.0527. The number of nitrogens with one attached hydrogen (secondary N) is 2. The summed E-state index contributed by atoms with van der Waals surface area (Å²) in [5, 5.41) is 6.61. The molecule has 0 saturated carbocycles. The van der Waals surface area contributed by atoms with Crippen LogP contribution < -0.4 is 20.1 Å². The summed E-state index contributed by atoms with van der Waals surface area (Å²) in [5.74, 6) is 0.122. The van der Waals surface area contributed by atoms with Crippen LogP contribution in [0.25, 0.3) is 0 Å². The van der Waals surface area contributed by atoms with E-state index in [2.05, 4.69) is 10.6 Å². The fourth-order valence-corrected chi connectivity index (χ4v) is 3.96. The van der Waals surface area contributed by atoms with Gasteiger partial charge in [0.25, 0.3) is 0 Å². The zero-order valence-corrected chi connectivity index (χ0v) is 19.0. The van der Waals surface area contributed by atoms with E-state index in [1.165, 1.54) is 0 Å². The molecule has 0 fully saturated rings. The maximum atomic E-state index is 12.5. The third-order valence-corrected chi connectivity index (χ3v) is 5.31. The molecule has 2 aromatic rings. The van der Waals surface area contributed by atoms with Crippen molar-refractivity contribution in [3.63, 3.8) is 0 Å². The number of anilines is 2. The molecular formula is C20H24N2O6S2. The molecule has 1 heterocycles. The highest BCUT2D eigenvalue weighted by molar-refractivity contribution is 7.80. The molecule has 0 atom stereocenters. The van der Waals surface area contributed by atoms with Gasteiger partial charge in [0, 0.05) is 23.9 Å². The second-order valence-corrected chi connectivity index (χ2v) is 7.31. The average molecular weight is 453 g/mol. The van der Waals surface area contributed by atoms with Gasteiger partial charge in [-0.2, -0.15) is 0 Å². The first-order valence-corrected chi connectivity index (χ1v) is 10.4. The van der Waals surface area contributed by atoms with E-state index in [4.69, 9.17) is 31.2 Å². The van der Waals surface area contributed by atoms with Crippen LogP contribution in [0.3, 0.4) is 0 Å². The minimum Gasteiger partial charge on any atom is -0.497 e. The Bertz CT molecular complexity index is 919. The summed E-state index contributed by atoms with van der Waals surface area (Å²) in [4.78, 5) is 25.1. The minimum atomic E-state index is -0.546. The lowest BCUT2D eigenvalue weighted by Crippen LogP contribution is -2.20. The molecule has 0 spiro atoms. The Kier molecular flexibility index (Phi) is 8.43. The van der Waals surface area contributed by atoms with Crippen molar-refractivity contribution in [1.82, 2.24) is 0 Å². The Morgan fingerprint density at radius 2 is 1.53 bits per heavy atom. The Labute approximate surface area is 184 Å². The van der Waals surface area contributed by atoms with Gasteiger partial charge in [-0.1, -0.05) is 0 Å². The molecule has 2 rings (SSSR count). The molecule has 1 aromatic carbocycles. The largest absolute Gasteiger partial charge is 0.497 e. The number of methoxy groups -OCH3 is 2. The van der Waals surface area contributed by atoms with Crippen LogP contribution >= 0.6 is 23.6 Å². The van der Waals surface area contributed by atoms with Gasteiger partial charge in [-0.15, -0.1) is 11.3 Å². The van der Waals surface area contributed by atoms with Gasteiger partial charge in [0.1, 0.15) is 21.4 Å². The summed E-state index contributed by atoms with van der Waals surface area (Å²) in [6.07, 6.45) is 0. The van der Waals surface area contributed by atoms with Crippen molar-refractivity contribution in [2.45, 2.75) is 20.8 Å². The van der Waals surface area contributed by atoms with Crippen molar-refractivity contribution < 1.29 is 28.5 Å². The average Bonchev–Trinajstić information content (AvgIpc) is 3.03. The maximum absolute atomic E-state index is 12.5. The number of rotatable bonds is 8. The highest BCUT2D eigenvalue weighted by Crippen LogP contribution is 2.34. The van der Waals surface area contributed by atoms with Gasteiger partial charge in [-0.05, 0) is 38.6 Å². The van der Waals surface area contributed by atoms with Crippen LogP contribution in [0.2, 0.25) is 0 Å². The van der Waals surface area contributed by atoms with E-state index in [-0.39, 0.29) is 23.9 Å². The van der Waals surface area contributed by atoms with E-state index in [9.17, 15) is 9.59 Å². The van der Waals surface area contributed by atoms with Crippen molar-refractivity contribution in [3.05, 3.63) is 34.2 Å². The van der Waals surface area contributed by atoms with E-state index in [0.29, 0.717) is 32.6 Å². The standard InChI is InChI=1S/C20H24N2O6S2/c1-6-27-18(23)15-11(3)16(19(24)28-7-2)30-17(15)22-20(29)21-12-8-13(25-4)10-14(9-12)26-5/h8-10H,6-7H2,1-5H3,(H2,21,22,29). The third-order valence-electron chi connectivity index (χ3n) is 3.92. The molecule has 0 amide bonds. The van der Waals surface area contributed by atoms with Gasteiger partial charge in [0.2, 0.25) is 0 Å². The van der Waals surface area contributed by atoms with Crippen LogP contribution in [0.15, 0.2) is 18.2 Å². The Morgan fingerprint density at radius 3 is 2.07 bits per heavy atom. The second kappa shape index (κ2) is 10.8. The topological polar surface area (TPSA) is 95.1 Å². The number of ether oxygens (including phenoxy) is 4. The van der Waals surface area contributed by atoms with E-state index in [0.717, 1.165) is 11.3 Å². The molecule has 0 radical (unpaired) electrons. The Morgan fingerprint density at radius 1 is 0.967 bits per heavy atom. The van der Waals surface area contributed by atoms with Crippen molar-refractivity contribution in [2.75, 3.05) is 38.1 Å². The number of hydrogen-bond donors (Lipinski definition) is 2. The summed E-state index contributed by atoms with van der Waals surface area (Å²) < 4.78 is 20.7. The van der Waals surface area contributed by atoms with Crippen molar-refractivity contribution >= 4 is 51.3 Å². The summed E-state index contributed by atoms with van der Waals surface area (Å²) in [6, 6.07) is 5.22. The number of esters is 2. The number of benzene rings is 1. The first kappa shape index (κ1) is 23.4. The molecule has 0 saturated heterocycles. The fraction of sp³-hybridized carbons (Fsp3) is 0.350. The molecule has 2 N–H and O–H groups in total. The van der Waals surface area contributed by atoms with Crippen molar-refractivity contribution in [3.8, 4) is 11.5 Å². The highest BCUT2D eigenvalue weighted by atomic mass is 32.1. The summed E-state index contributed by atoms with van der Waals surface area (Å²) in [6.45, 7) is 5.53. The monoisotopic (exact) mass is 452 g/mol. The highest BCUT2D eigenvalue weighted by Gasteiger charge is 2.26. The Balaban J connectivity index is 2.32. The molecule has 0 unspecified atom stereocenters. The number of hydrogen-bond acceptors (Lipinski definition) is 8. The Hall–Kier alpha value is -2.85. The molecule has 30 heavy (non-hydrogen) atoms. The zero-order chi connectivity index (χ0) is 22.3. The molecule has 10 heteroatoms. The molecule has 8 nitrogen and oxygen atoms in total. The van der Waals surface area contributed by atoms with Gasteiger partial charge in [0.15, 0.2) is 5.11 Å². The van der Waals surface area contributed by atoms with Crippen LogP contribution in [0.5, 0.6) is 11.5 Å². The molecule has 0 aliphatic rings. The first-order chi connectivity index (χ1) is 14.3. The molecule has 0 aliphatic carbocycles. The first-order valence-electron chi connectivity index (χ1n) is 9.13. The van der Waals surface area contributed by atoms with Crippen LogP contribution in [-0.4, -0.2) is 44.5 Å². The van der Waals surface area contributed by atoms with Crippen molar-refractivity contribution in [1.29, 1.82) is 0 Å². The number of carbonyl (C=O) groups excluding carboxylic acids is 2. The second-order valence-electron chi connectivity index (χ2n) is 5.88. The molecule has 0 aliphatic heterocycles. The normalized spacial score (nSPS) is 10.2. The SMILES string of the molecule is CCOC(=O)c1sc(NC(=S)Nc2cc(OC)cc(OC)c2)c(C(=O)OCC)c1C. The summed E-state index contributed by atoms with van der Waals surface area (Å²) >= 11 is 6.47. The molecule has 162 valence electrons. The summed E-state index contributed by atoms with van der Waals surface area (Å²) in [7, 11) is 3.10. The molecular weight excluding hydrogens is 428 g/mol. The van der Waals surface area contributed by atoms with Gasteiger partial charge in [-0.25, -0.2) is 9.59 Å². The smallest absolute Gasteiger partial charge is 0.348 e. The summed E-state index contributed by atoms with van der Waals surface area (Å²) in [5.41, 5.74) is 1.35. The van der Waals surface area contributed by atoms with E-state index < -0.39 is 11.9 Å². The maximum Gasteiger partial charge on any atom is 0.348 e. The lowest BCUT2D eigenvalue weighted by atomic mass is 10.1. The quantitative estimate of drug-likeness (QED) is 0.450. The van der Waals surface area contributed by atoms with Gasteiger partial charge < -0.3 is 29.6 Å². The van der Waals surface area contributed by atoms with Crippen LogP contribution in [-0.2, 0) is 9.47 Å². The predicted molar refractivity (Wildman–Crippen MR) is 120 cm³/mol. The fourth-order valence-electron chi connectivity index (χ4n) is 2.59. The van der Waals surface area contributed by atoms with Gasteiger partial charge in [-0.3, -0.25) is 0 Å². The third kappa shape index (κ3) is 5.61. The van der Waals surface area contributed by atoms with Gasteiger partial charge in [0.05, 0.1) is 33.0 Å². The number of thiophene rings is 1. The molecule has 0 bridgehead atoms. The van der Waals surface area contributed by atoms with Crippen LogP contribution in [0.1, 0.15) is 39.4 Å². The van der Waals surface area contributed by atoms with E-state index in [1.807, 2.05) is 0 Å². The number of carbonyl (C=O) groups is 2. The van der Waals surface area contributed by atoms with Crippen LogP contribution in [0.4, 0.5) is 10.7 Å². The van der Waals surface area contributed by atoms with Crippen LogP contribution in [0, 0.1) is 6.92 Å². The van der Waals surface area contributed by atoms with Crippen molar-refractivity contribution in [2.24, 2.45) is 0 Å². The van der Waals surface area contributed by atoms with E-state index >= 15 is 0 Å².